The molecule has 0 aromatic carbocycles. The molecular weight excluding hydrogens is 210 g/mol. The van der Waals surface area contributed by atoms with Crippen molar-refractivity contribution in [3.8, 4) is 0 Å². The number of ether oxygens (including phenoxy) is 1. The summed E-state index contributed by atoms with van der Waals surface area (Å²) in [5, 5.41) is 13.6. The summed E-state index contributed by atoms with van der Waals surface area (Å²) >= 11 is 0. The molecular formula is C9H15N5O2. The van der Waals surface area contributed by atoms with Gasteiger partial charge in [0, 0.05) is 26.7 Å². The number of nitrogens with one attached hydrogen (secondary N) is 2. The van der Waals surface area contributed by atoms with Crippen molar-refractivity contribution in [2.24, 2.45) is 0 Å². The van der Waals surface area contributed by atoms with E-state index in [0.29, 0.717) is 24.9 Å². The predicted molar refractivity (Wildman–Crippen MR) is 56.1 cm³/mol. The smallest absolute Gasteiger partial charge is 0.273 e. The molecule has 7 heteroatoms. The molecule has 1 aromatic rings. The van der Waals surface area contributed by atoms with Crippen molar-refractivity contribution < 1.29 is 9.53 Å². The fourth-order valence-corrected chi connectivity index (χ4v) is 1.38. The molecule has 0 atom stereocenters. The van der Waals surface area contributed by atoms with E-state index < -0.39 is 0 Å². The Morgan fingerprint density at radius 3 is 3.19 bits per heavy atom. The average Bonchev–Trinajstić information content (AvgIpc) is 2.64. The van der Waals surface area contributed by atoms with E-state index in [9.17, 15) is 4.79 Å². The second-order valence-electron chi connectivity index (χ2n) is 3.64. The maximum Gasteiger partial charge on any atom is 0.273 e. The van der Waals surface area contributed by atoms with Gasteiger partial charge in [-0.3, -0.25) is 4.79 Å². The minimum atomic E-state index is -0.212. The lowest BCUT2D eigenvalue weighted by Gasteiger charge is -2.26. The molecule has 1 aliphatic heterocycles. The molecule has 0 radical (unpaired) electrons. The van der Waals surface area contributed by atoms with Gasteiger partial charge in [-0.1, -0.05) is 5.21 Å². The summed E-state index contributed by atoms with van der Waals surface area (Å²) in [6, 6.07) is 0.327. The van der Waals surface area contributed by atoms with Gasteiger partial charge in [0.05, 0.1) is 18.8 Å². The first-order chi connectivity index (χ1) is 7.81. The van der Waals surface area contributed by atoms with Gasteiger partial charge in [0.15, 0.2) is 5.69 Å². The van der Waals surface area contributed by atoms with Gasteiger partial charge < -0.3 is 15.4 Å². The molecule has 88 valence electrons. The Bertz CT molecular complexity index is 361. The molecule has 2 heterocycles. The molecule has 0 bridgehead atoms. The van der Waals surface area contributed by atoms with Gasteiger partial charge in [-0.2, -0.15) is 0 Å². The van der Waals surface area contributed by atoms with Gasteiger partial charge >= 0.3 is 0 Å². The van der Waals surface area contributed by atoms with Crippen LogP contribution in [-0.4, -0.2) is 54.3 Å². The largest absolute Gasteiger partial charge is 0.383 e. The van der Waals surface area contributed by atoms with E-state index in [1.165, 1.54) is 0 Å². The topological polar surface area (TPSA) is 81.1 Å². The second-order valence-corrected chi connectivity index (χ2v) is 3.64. The Kier molecular flexibility index (Phi) is 3.47. The van der Waals surface area contributed by atoms with Crippen molar-refractivity contribution >= 4 is 5.91 Å². The van der Waals surface area contributed by atoms with Crippen LogP contribution in [0, 0.1) is 0 Å². The predicted octanol–water partition coefficient (Wildman–Crippen LogP) is -1.20. The first kappa shape index (κ1) is 11.0. The number of methoxy groups -OCH3 is 1. The quantitative estimate of drug-likeness (QED) is 0.615. The van der Waals surface area contributed by atoms with Crippen LogP contribution in [0.1, 0.15) is 16.5 Å². The van der Waals surface area contributed by atoms with Crippen molar-refractivity contribution in [3.63, 3.8) is 0 Å². The Labute approximate surface area is 93.2 Å². The van der Waals surface area contributed by atoms with Gasteiger partial charge in [-0.15, -0.1) is 5.10 Å². The summed E-state index contributed by atoms with van der Waals surface area (Å²) < 4.78 is 6.56. The second kappa shape index (κ2) is 5.04. The van der Waals surface area contributed by atoms with Gasteiger partial charge in [0.1, 0.15) is 0 Å². The molecule has 2 rings (SSSR count). The summed E-state index contributed by atoms with van der Waals surface area (Å²) in [6.45, 7) is 2.74. The highest BCUT2D eigenvalue weighted by Gasteiger charge is 2.21. The molecule has 1 saturated heterocycles. The van der Waals surface area contributed by atoms with Crippen LogP contribution < -0.4 is 10.6 Å². The molecule has 16 heavy (non-hydrogen) atoms. The third-order valence-electron chi connectivity index (χ3n) is 2.47. The summed E-state index contributed by atoms with van der Waals surface area (Å²) in [5.74, 6) is -0.212. The Hall–Kier alpha value is -1.47. The van der Waals surface area contributed by atoms with Gasteiger partial charge in [-0.25, -0.2) is 4.68 Å². The van der Waals surface area contributed by atoms with Gasteiger partial charge in [-0.05, 0) is 0 Å². The lowest BCUT2D eigenvalue weighted by atomic mass is 10.2. The summed E-state index contributed by atoms with van der Waals surface area (Å²) in [4.78, 5) is 11.6. The van der Waals surface area contributed by atoms with E-state index in [4.69, 9.17) is 4.74 Å². The number of nitrogens with zero attached hydrogens (tertiary/aromatic N) is 3. The minimum absolute atomic E-state index is 0.212. The zero-order valence-corrected chi connectivity index (χ0v) is 9.14. The fraction of sp³-hybridized carbons (Fsp3) is 0.667. The van der Waals surface area contributed by atoms with E-state index >= 15 is 0 Å². The number of carbonyl (C=O) groups excluding carboxylic acids is 1. The van der Waals surface area contributed by atoms with Crippen molar-refractivity contribution in [3.05, 3.63) is 11.9 Å². The van der Waals surface area contributed by atoms with E-state index in [-0.39, 0.29) is 5.91 Å². The summed E-state index contributed by atoms with van der Waals surface area (Å²) in [5.41, 5.74) is 0.350. The minimum Gasteiger partial charge on any atom is -0.383 e. The molecule has 2 N–H and O–H groups in total. The zero-order chi connectivity index (χ0) is 11.4. The van der Waals surface area contributed by atoms with Crippen LogP contribution in [0.5, 0.6) is 0 Å². The van der Waals surface area contributed by atoms with Gasteiger partial charge in [0.2, 0.25) is 0 Å². The number of hydrogen-bond acceptors (Lipinski definition) is 5. The van der Waals surface area contributed by atoms with Crippen LogP contribution in [-0.2, 0) is 4.74 Å². The molecule has 1 aromatic heterocycles. The maximum absolute atomic E-state index is 11.6. The number of carbonyl (C=O) groups is 1. The molecule has 0 saturated carbocycles. The van der Waals surface area contributed by atoms with Gasteiger partial charge in [0.25, 0.3) is 5.91 Å². The summed E-state index contributed by atoms with van der Waals surface area (Å²) in [6.07, 6.45) is 1.67. The van der Waals surface area contributed by atoms with Crippen molar-refractivity contribution in [2.45, 2.75) is 6.04 Å². The normalized spacial score (nSPS) is 15.8. The fourth-order valence-electron chi connectivity index (χ4n) is 1.38. The van der Waals surface area contributed by atoms with Crippen LogP contribution in [0.15, 0.2) is 6.20 Å². The van der Waals surface area contributed by atoms with Crippen LogP contribution in [0.2, 0.25) is 0 Å². The number of hydrogen-bond donors (Lipinski definition) is 2. The van der Waals surface area contributed by atoms with Crippen LogP contribution in [0.4, 0.5) is 0 Å². The lowest BCUT2D eigenvalue weighted by Crippen LogP contribution is -2.43. The Morgan fingerprint density at radius 2 is 2.56 bits per heavy atom. The highest BCUT2D eigenvalue weighted by molar-refractivity contribution is 5.91. The zero-order valence-electron chi connectivity index (χ0n) is 9.14. The molecule has 1 aliphatic rings. The first-order valence-electron chi connectivity index (χ1n) is 5.21. The van der Waals surface area contributed by atoms with E-state index in [1.807, 2.05) is 0 Å². The van der Waals surface area contributed by atoms with E-state index in [1.54, 1.807) is 18.0 Å². The van der Waals surface area contributed by atoms with Crippen molar-refractivity contribution in [1.29, 1.82) is 0 Å². The third-order valence-corrected chi connectivity index (χ3v) is 2.47. The highest BCUT2D eigenvalue weighted by atomic mass is 16.5. The molecule has 1 amide bonds. The van der Waals surface area contributed by atoms with Crippen molar-refractivity contribution in [2.75, 3.05) is 33.4 Å². The Morgan fingerprint density at radius 1 is 1.75 bits per heavy atom. The van der Waals surface area contributed by atoms with Crippen LogP contribution in [0.3, 0.4) is 0 Å². The number of amides is 1. The summed E-state index contributed by atoms with van der Waals surface area (Å²) in [7, 11) is 1.59. The molecule has 1 fully saturated rings. The Balaban J connectivity index is 1.87. The molecule has 0 spiro atoms. The lowest BCUT2D eigenvalue weighted by molar-refractivity contribution is 0.0932. The highest BCUT2D eigenvalue weighted by Crippen LogP contribution is 2.09. The number of rotatable bonds is 5. The van der Waals surface area contributed by atoms with Crippen LogP contribution >= 0.6 is 0 Å². The number of aromatic nitrogens is 3. The molecule has 0 unspecified atom stereocenters. The maximum atomic E-state index is 11.6. The first-order valence-corrected chi connectivity index (χ1v) is 5.21. The monoisotopic (exact) mass is 225 g/mol. The van der Waals surface area contributed by atoms with E-state index in [2.05, 4.69) is 20.9 Å². The third kappa shape index (κ3) is 2.37. The van der Waals surface area contributed by atoms with Crippen molar-refractivity contribution in [1.82, 2.24) is 25.6 Å². The molecule has 7 nitrogen and oxygen atoms in total. The van der Waals surface area contributed by atoms with E-state index in [0.717, 1.165) is 13.1 Å². The standard InChI is InChI=1S/C9H15N5O2/c1-16-3-2-11-9(15)8-6-14(13-12-8)7-4-10-5-7/h6-7,10H,2-5H2,1H3,(H,11,15). The molecule has 0 aliphatic carbocycles. The SMILES string of the molecule is COCCNC(=O)c1cn(C2CNC2)nn1. The average molecular weight is 225 g/mol. The van der Waals surface area contributed by atoms with Crippen LogP contribution in [0.25, 0.3) is 0 Å².